The Hall–Kier alpha value is -2.44. The second-order valence-electron chi connectivity index (χ2n) is 7.25. The number of halogens is 2. The Morgan fingerprint density at radius 3 is 2.79 bits per heavy atom. The zero-order valence-electron chi connectivity index (χ0n) is 15.2. The summed E-state index contributed by atoms with van der Waals surface area (Å²) in [6.07, 6.45) is 1.33. The first-order valence-electron chi connectivity index (χ1n) is 9.17. The maximum absolute atomic E-state index is 14.3. The number of benzene rings is 2. The highest BCUT2D eigenvalue weighted by Crippen LogP contribution is 2.36. The summed E-state index contributed by atoms with van der Waals surface area (Å²) in [5.41, 5.74) is 2.72. The van der Waals surface area contributed by atoms with E-state index in [1.165, 1.54) is 17.0 Å². The zero-order valence-corrected chi connectivity index (χ0v) is 16.0. The van der Waals surface area contributed by atoms with Crippen molar-refractivity contribution in [3.05, 3.63) is 59.4 Å². The lowest BCUT2D eigenvalue weighted by atomic mass is 9.86. The molecule has 148 valence electrons. The fourth-order valence-electron chi connectivity index (χ4n) is 4.15. The number of carboxylic acids is 1. The maximum Gasteiger partial charge on any atom is 0.307 e. The van der Waals surface area contributed by atoms with Gasteiger partial charge in [-0.25, -0.2) is 4.39 Å². The van der Waals surface area contributed by atoms with Crippen LogP contribution in [-0.4, -0.2) is 30.1 Å². The summed E-state index contributed by atoms with van der Waals surface area (Å²) >= 11 is 0. The number of para-hydroxylation sites is 1. The third-order valence-corrected chi connectivity index (χ3v) is 5.46. The van der Waals surface area contributed by atoms with Crippen LogP contribution in [0.2, 0.25) is 0 Å². The number of carboxylic acid groups (broad SMARTS) is 1. The van der Waals surface area contributed by atoms with Crippen molar-refractivity contribution in [1.82, 2.24) is 5.32 Å². The van der Waals surface area contributed by atoms with Crippen LogP contribution in [0, 0.1) is 17.7 Å². The lowest BCUT2D eigenvalue weighted by Gasteiger charge is -2.21. The number of nitrogens with zero attached hydrogens (tertiary/aromatic N) is 1. The summed E-state index contributed by atoms with van der Waals surface area (Å²) < 4.78 is 14.3. The first-order chi connectivity index (χ1) is 13.0. The molecule has 0 spiro atoms. The molecule has 5 nitrogen and oxygen atoms in total. The number of anilines is 2. The van der Waals surface area contributed by atoms with E-state index in [0.29, 0.717) is 17.8 Å². The topological polar surface area (TPSA) is 69.6 Å². The van der Waals surface area contributed by atoms with Gasteiger partial charge in [0.1, 0.15) is 5.82 Å². The van der Waals surface area contributed by atoms with Gasteiger partial charge in [-0.1, -0.05) is 18.2 Å². The van der Waals surface area contributed by atoms with Crippen LogP contribution >= 0.6 is 12.4 Å². The van der Waals surface area contributed by atoms with Gasteiger partial charge >= 0.3 is 5.97 Å². The molecule has 0 unspecified atom stereocenters. The molecule has 0 aromatic heterocycles. The van der Waals surface area contributed by atoms with Gasteiger partial charge in [-0.2, -0.15) is 0 Å². The van der Waals surface area contributed by atoms with E-state index in [-0.39, 0.29) is 37.1 Å². The van der Waals surface area contributed by atoms with Crippen LogP contribution in [-0.2, 0) is 22.4 Å². The molecule has 1 amide bonds. The van der Waals surface area contributed by atoms with Crippen LogP contribution in [0.25, 0.3) is 0 Å². The van der Waals surface area contributed by atoms with Crippen molar-refractivity contribution in [2.75, 3.05) is 18.0 Å². The molecule has 0 bridgehead atoms. The fourth-order valence-corrected chi connectivity index (χ4v) is 4.15. The fraction of sp³-hybridized carbons (Fsp3) is 0.333. The predicted molar refractivity (Wildman–Crippen MR) is 107 cm³/mol. The second-order valence-corrected chi connectivity index (χ2v) is 7.25. The van der Waals surface area contributed by atoms with Crippen molar-refractivity contribution < 1.29 is 19.1 Å². The summed E-state index contributed by atoms with van der Waals surface area (Å²) in [6.45, 7) is 1.47. The molecule has 28 heavy (non-hydrogen) atoms. The molecule has 1 saturated heterocycles. The quantitative estimate of drug-likeness (QED) is 0.802. The van der Waals surface area contributed by atoms with Gasteiger partial charge in [-0.3, -0.25) is 14.5 Å². The Morgan fingerprint density at radius 1 is 1.29 bits per heavy atom. The Bertz CT molecular complexity index is 899. The Balaban J connectivity index is 0.00000225. The first kappa shape index (κ1) is 20.3. The summed E-state index contributed by atoms with van der Waals surface area (Å²) in [7, 11) is 0. The molecule has 7 heteroatoms. The van der Waals surface area contributed by atoms with Gasteiger partial charge < -0.3 is 10.4 Å². The highest BCUT2D eigenvalue weighted by Gasteiger charge is 2.32. The number of rotatable bonds is 5. The van der Waals surface area contributed by atoms with E-state index >= 15 is 0 Å². The Labute approximate surface area is 169 Å². The highest BCUT2D eigenvalue weighted by molar-refractivity contribution is 6.07. The molecule has 2 aromatic carbocycles. The van der Waals surface area contributed by atoms with E-state index in [1.807, 2.05) is 24.3 Å². The molecular formula is C21H22ClFN2O3. The van der Waals surface area contributed by atoms with Crippen LogP contribution in [0.1, 0.15) is 17.5 Å². The normalized spacial score (nSPS) is 19.2. The van der Waals surface area contributed by atoms with Crippen LogP contribution < -0.4 is 10.2 Å². The minimum atomic E-state index is -0.864. The van der Waals surface area contributed by atoms with Gasteiger partial charge in [0.2, 0.25) is 5.91 Å². The van der Waals surface area contributed by atoms with Gasteiger partial charge in [0.05, 0.1) is 23.7 Å². The third kappa shape index (κ3) is 3.88. The van der Waals surface area contributed by atoms with E-state index in [2.05, 4.69) is 5.32 Å². The Kier molecular flexibility index (Phi) is 6.01. The largest absolute Gasteiger partial charge is 0.481 e. The van der Waals surface area contributed by atoms with Gasteiger partial charge in [-0.05, 0) is 67.2 Å². The van der Waals surface area contributed by atoms with Crippen molar-refractivity contribution in [3.8, 4) is 0 Å². The monoisotopic (exact) mass is 404 g/mol. The van der Waals surface area contributed by atoms with Crippen molar-refractivity contribution in [2.45, 2.75) is 19.3 Å². The molecule has 2 heterocycles. The maximum atomic E-state index is 14.3. The lowest BCUT2D eigenvalue weighted by Crippen LogP contribution is -2.27. The number of amides is 1. The van der Waals surface area contributed by atoms with Crippen LogP contribution in [0.5, 0.6) is 0 Å². The first-order valence-corrected chi connectivity index (χ1v) is 9.17. The molecule has 0 saturated carbocycles. The SMILES string of the molecule is Cl.O=C(O)[C@@H](Cc1cc(F)cc(N2C(=O)Cc3ccccc32)c1)[C@H]1CCNC1. The van der Waals surface area contributed by atoms with Crippen LogP contribution in [0.3, 0.4) is 0 Å². The van der Waals surface area contributed by atoms with E-state index < -0.39 is 17.7 Å². The lowest BCUT2D eigenvalue weighted by molar-refractivity contribution is -0.143. The molecular weight excluding hydrogens is 383 g/mol. The number of nitrogens with one attached hydrogen (secondary N) is 1. The van der Waals surface area contributed by atoms with E-state index in [1.54, 1.807) is 6.07 Å². The van der Waals surface area contributed by atoms with Gasteiger partial charge in [0, 0.05) is 0 Å². The van der Waals surface area contributed by atoms with E-state index in [4.69, 9.17) is 0 Å². The van der Waals surface area contributed by atoms with Gasteiger partial charge in [-0.15, -0.1) is 12.4 Å². The van der Waals surface area contributed by atoms with Crippen LogP contribution in [0.15, 0.2) is 42.5 Å². The van der Waals surface area contributed by atoms with Gasteiger partial charge in [0.25, 0.3) is 0 Å². The number of hydrogen-bond donors (Lipinski definition) is 2. The molecule has 2 aliphatic rings. The number of carbonyl (C=O) groups is 2. The predicted octanol–water partition coefficient (Wildman–Crippen LogP) is 3.32. The second kappa shape index (κ2) is 8.29. The minimum Gasteiger partial charge on any atom is -0.481 e. The third-order valence-electron chi connectivity index (χ3n) is 5.46. The zero-order chi connectivity index (χ0) is 19.0. The number of hydrogen-bond acceptors (Lipinski definition) is 3. The molecule has 1 fully saturated rings. The molecule has 2 aromatic rings. The molecule has 2 aliphatic heterocycles. The summed E-state index contributed by atoms with van der Waals surface area (Å²) in [6, 6.07) is 11.9. The minimum absolute atomic E-state index is 0. The summed E-state index contributed by atoms with van der Waals surface area (Å²) in [5, 5.41) is 12.8. The standard InChI is InChI=1S/C21H21FN2O3.ClH/c22-16-7-13(9-18(21(26)27)15-5-6-23-12-15)8-17(11-16)24-19-4-2-1-3-14(19)10-20(24)25;/h1-4,7-8,11,15,18,23H,5-6,9-10,12H2,(H,26,27);1H/t15-,18-;/m0./s1. The smallest absolute Gasteiger partial charge is 0.307 e. The summed E-state index contributed by atoms with van der Waals surface area (Å²) in [4.78, 5) is 25.8. The molecule has 0 radical (unpaired) electrons. The van der Waals surface area contributed by atoms with E-state index in [0.717, 1.165) is 24.2 Å². The van der Waals surface area contributed by atoms with Crippen molar-refractivity contribution in [2.24, 2.45) is 11.8 Å². The van der Waals surface area contributed by atoms with Crippen molar-refractivity contribution in [1.29, 1.82) is 0 Å². The number of carbonyl (C=O) groups excluding carboxylic acids is 1. The Morgan fingerprint density at radius 2 is 2.07 bits per heavy atom. The van der Waals surface area contributed by atoms with E-state index in [9.17, 15) is 19.1 Å². The summed E-state index contributed by atoms with van der Waals surface area (Å²) in [5.74, 6) is -1.98. The van der Waals surface area contributed by atoms with Crippen LogP contribution in [0.4, 0.5) is 15.8 Å². The average Bonchev–Trinajstić information content (AvgIpc) is 3.25. The molecule has 2 atom stereocenters. The highest BCUT2D eigenvalue weighted by atomic mass is 35.5. The van der Waals surface area contributed by atoms with Crippen molar-refractivity contribution >= 4 is 35.7 Å². The number of aliphatic carboxylic acids is 1. The number of fused-ring (bicyclic) bond motifs is 1. The van der Waals surface area contributed by atoms with Crippen molar-refractivity contribution in [3.63, 3.8) is 0 Å². The molecule has 2 N–H and O–H groups in total. The average molecular weight is 405 g/mol. The molecule has 4 rings (SSSR count). The van der Waals surface area contributed by atoms with Gasteiger partial charge in [0.15, 0.2) is 0 Å². The molecule has 0 aliphatic carbocycles.